The van der Waals surface area contributed by atoms with E-state index in [2.05, 4.69) is 36.5 Å². The van der Waals surface area contributed by atoms with E-state index in [9.17, 15) is 9.90 Å². The van der Waals surface area contributed by atoms with Crippen molar-refractivity contribution in [3.8, 4) is 0 Å². The molecule has 0 aromatic heterocycles. The fourth-order valence-electron chi connectivity index (χ4n) is 3.12. The van der Waals surface area contributed by atoms with Crippen molar-refractivity contribution in [2.24, 2.45) is 0 Å². The van der Waals surface area contributed by atoms with Gasteiger partial charge in [-0.15, -0.1) is 0 Å². The molecule has 0 bridgehead atoms. The molecule has 3 heteroatoms. The molecule has 0 radical (unpaired) electrons. The lowest BCUT2D eigenvalue weighted by atomic mass is 10.0. The van der Waals surface area contributed by atoms with Crippen LogP contribution in [0.15, 0.2) is 42.5 Å². The SMILES string of the molecule is CCCCCCCCc1ccc(CNc2ccc(C)cc2C(=O)O)cc1. The van der Waals surface area contributed by atoms with Crippen molar-refractivity contribution >= 4 is 11.7 Å². The van der Waals surface area contributed by atoms with Gasteiger partial charge in [-0.3, -0.25) is 0 Å². The molecule has 0 saturated heterocycles. The zero-order valence-corrected chi connectivity index (χ0v) is 16.1. The molecule has 2 N–H and O–H groups in total. The summed E-state index contributed by atoms with van der Waals surface area (Å²) in [5, 5.41) is 12.6. The van der Waals surface area contributed by atoms with Crippen LogP contribution in [-0.4, -0.2) is 11.1 Å². The number of nitrogens with one attached hydrogen (secondary N) is 1. The van der Waals surface area contributed by atoms with Gasteiger partial charge < -0.3 is 10.4 Å². The number of anilines is 1. The molecule has 0 atom stereocenters. The third-order valence-corrected chi connectivity index (χ3v) is 4.73. The molecule has 0 aliphatic heterocycles. The fraction of sp³-hybridized carbons (Fsp3) is 0.435. The van der Waals surface area contributed by atoms with Crippen molar-refractivity contribution in [3.05, 3.63) is 64.7 Å². The maximum atomic E-state index is 11.4. The smallest absolute Gasteiger partial charge is 0.337 e. The van der Waals surface area contributed by atoms with Gasteiger partial charge in [0.15, 0.2) is 0 Å². The van der Waals surface area contributed by atoms with Gasteiger partial charge in [-0.2, -0.15) is 0 Å². The molecule has 0 aliphatic carbocycles. The highest BCUT2D eigenvalue weighted by Crippen LogP contribution is 2.19. The summed E-state index contributed by atoms with van der Waals surface area (Å²) in [5.74, 6) is -0.898. The molecule has 26 heavy (non-hydrogen) atoms. The molecule has 0 aliphatic rings. The Bertz CT molecular complexity index is 692. The van der Waals surface area contributed by atoms with E-state index < -0.39 is 5.97 Å². The predicted octanol–water partition coefficient (Wildman–Crippen LogP) is 6.21. The van der Waals surface area contributed by atoms with Crippen LogP contribution in [0.4, 0.5) is 5.69 Å². The second-order valence-electron chi connectivity index (χ2n) is 7.04. The van der Waals surface area contributed by atoms with Crippen LogP contribution in [0.25, 0.3) is 0 Å². The van der Waals surface area contributed by atoms with Gasteiger partial charge in [-0.25, -0.2) is 4.79 Å². The molecule has 0 saturated carbocycles. The zero-order chi connectivity index (χ0) is 18.8. The molecule has 0 amide bonds. The van der Waals surface area contributed by atoms with E-state index in [0.29, 0.717) is 17.8 Å². The van der Waals surface area contributed by atoms with Gasteiger partial charge in [-0.05, 0) is 43.0 Å². The van der Waals surface area contributed by atoms with Crippen molar-refractivity contribution < 1.29 is 9.90 Å². The van der Waals surface area contributed by atoms with Crippen molar-refractivity contribution in [2.45, 2.75) is 65.3 Å². The van der Waals surface area contributed by atoms with Crippen LogP contribution in [-0.2, 0) is 13.0 Å². The van der Waals surface area contributed by atoms with Crippen LogP contribution in [0.5, 0.6) is 0 Å². The molecule has 2 aromatic rings. The summed E-state index contributed by atoms with van der Waals surface area (Å²) in [6.07, 6.45) is 9.07. The third-order valence-electron chi connectivity index (χ3n) is 4.73. The normalized spacial score (nSPS) is 10.7. The zero-order valence-electron chi connectivity index (χ0n) is 16.1. The van der Waals surface area contributed by atoms with E-state index in [1.54, 1.807) is 6.07 Å². The number of carboxylic acids is 1. The molecule has 2 aromatic carbocycles. The molecule has 0 unspecified atom stereocenters. The highest BCUT2D eigenvalue weighted by Gasteiger charge is 2.09. The van der Waals surface area contributed by atoms with Crippen LogP contribution >= 0.6 is 0 Å². The summed E-state index contributed by atoms with van der Waals surface area (Å²) in [4.78, 5) is 11.4. The Balaban J connectivity index is 1.81. The number of carbonyl (C=O) groups is 1. The Hall–Kier alpha value is -2.29. The van der Waals surface area contributed by atoms with Crippen molar-refractivity contribution in [1.82, 2.24) is 0 Å². The van der Waals surface area contributed by atoms with E-state index >= 15 is 0 Å². The molecular weight excluding hydrogens is 322 g/mol. The molecule has 0 heterocycles. The summed E-state index contributed by atoms with van der Waals surface area (Å²) in [6.45, 7) is 4.77. The first kappa shape index (κ1) is 20.0. The quantitative estimate of drug-likeness (QED) is 0.472. The number of carboxylic acid groups (broad SMARTS) is 1. The Kier molecular flexibility index (Phi) is 8.20. The predicted molar refractivity (Wildman–Crippen MR) is 109 cm³/mol. The van der Waals surface area contributed by atoms with Crippen molar-refractivity contribution in [3.63, 3.8) is 0 Å². The second kappa shape index (κ2) is 10.6. The Morgan fingerprint density at radius 1 is 0.923 bits per heavy atom. The molecule has 0 fully saturated rings. The van der Waals surface area contributed by atoms with Gasteiger partial charge >= 0.3 is 5.97 Å². The Morgan fingerprint density at radius 2 is 1.58 bits per heavy atom. The maximum absolute atomic E-state index is 11.4. The Labute approximate surface area is 157 Å². The topological polar surface area (TPSA) is 49.3 Å². The lowest BCUT2D eigenvalue weighted by Crippen LogP contribution is -2.06. The van der Waals surface area contributed by atoms with Gasteiger partial charge in [0, 0.05) is 12.2 Å². The number of aromatic carboxylic acids is 1. The monoisotopic (exact) mass is 353 g/mol. The van der Waals surface area contributed by atoms with Gasteiger partial charge in [-0.1, -0.05) is 74.9 Å². The first-order chi connectivity index (χ1) is 12.6. The minimum Gasteiger partial charge on any atom is -0.478 e. The minimum atomic E-state index is -0.898. The first-order valence-corrected chi connectivity index (χ1v) is 9.75. The van der Waals surface area contributed by atoms with E-state index in [1.807, 2.05) is 19.1 Å². The standard InChI is InChI=1S/C23H31NO2/c1-3-4-5-6-7-8-9-19-11-13-20(14-12-19)17-24-22-15-10-18(2)16-21(22)23(25)26/h10-16,24H,3-9,17H2,1-2H3,(H,25,26). The van der Waals surface area contributed by atoms with Gasteiger partial charge in [0.25, 0.3) is 0 Å². The van der Waals surface area contributed by atoms with Crippen LogP contribution in [0.2, 0.25) is 0 Å². The molecule has 3 nitrogen and oxygen atoms in total. The molecular formula is C23H31NO2. The van der Waals surface area contributed by atoms with Crippen molar-refractivity contribution in [2.75, 3.05) is 5.32 Å². The molecule has 140 valence electrons. The largest absolute Gasteiger partial charge is 0.478 e. The highest BCUT2D eigenvalue weighted by atomic mass is 16.4. The number of hydrogen-bond donors (Lipinski definition) is 2. The number of hydrogen-bond acceptors (Lipinski definition) is 2. The summed E-state index contributed by atoms with van der Waals surface area (Å²) in [7, 11) is 0. The summed E-state index contributed by atoms with van der Waals surface area (Å²) < 4.78 is 0. The van der Waals surface area contributed by atoms with E-state index in [1.165, 1.54) is 44.1 Å². The number of unbranched alkanes of at least 4 members (excludes halogenated alkanes) is 5. The lowest BCUT2D eigenvalue weighted by Gasteiger charge is -2.11. The van der Waals surface area contributed by atoms with E-state index in [0.717, 1.165) is 17.5 Å². The molecule has 2 rings (SSSR count). The van der Waals surface area contributed by atoms with Gasteiger partial charge in [0.05, 0.1) is 5.56 Å². The average Bonchev–Trinajstić information content (AvgIpc) is 2.64. The number of benzene rings is 2. The third kappa shape index (κ3) is 6.55. The van der Waals surface area contributed by atoms with Crippen molar-refractivity contribution in [1.29, 1.82) is 0 Å². The summed E-state index contributed by atoms with van der Waals surface area (Å²) >= 11 is 0. The summed E-state index contributed by atoms with van der Waals surface area (Å²) in [6, 6.07) is 14.1. The van der Waals surface area contributed by atoms with Crippen LogP contribution in [0.1, 0.15) is 72.5 Å². The summed E-state index contributed by atoms with van der Waals surface area (Å²) in [5.41, 5.74) is 4.48. The van der Waals surface area contributed by atoms with E-state index in [4.69, 9.17) is 0 Å². The minimum absolute atomic E-state index is 0.324. The number of rotatable bonds is 11. The maximum Gasteiger partial charge on any atom is 0.337 e. The van der Waals surface area contributed by atoms with Crippen LogP contribution in [0, 0.1) is 6.92 Å². The number of aryl methyl sites for hydroxylation is 2. The lowest BCUT2D eigenvalue weighted by molar-refractivity contribution is 0.0698. The second-order valence-corrected chi connectivity index (χ2v) is 7.04. The van der Waals surface area contributed by atoms with Gasteiger partial charge in [0.1, 0.15) is 0 Å². The van der Waals surface area contributed by atoms with Gasteiger partial charge in [0.2, 0.25) is 0 Å². The van der Waals surface area contributed by atoms with E-state index in [-0.39, 0.29) is 0 Å². The fourth-order valence-corrected chi connectivity index (χ4v) is 3.12. The Morgan fingerprint density at radius 3 is 2.27 bits per heavy atom. The first-order valence-electron chi connectivity index (χ1n) is 9.75. The van der Waals surface area contributed by atoms with Crippen LogP contribution in [0.3, 0.4) is 0 Å². The van der Waals surface area contributed by atoms with Crippen LogP contribution < -0.4 is 5.32 Å². The molecule has 0 spiro atoms. The highest BCUT2D eigenvalue weighted by molar-refractivity contribution is 5.94. The average molecular weight is 354 g/mol.